The van der Waals surface area contributed by atoms with Crippen LogP contribution in [0.25, 0.3) is 0 Å². The molecule has 10 heavy (non-hydrogen) atoms. The molecule has 3 N–H and O–H groups in total. The molecule has 0 saturated heterocycles. The minimum absolute atomic E-state index is 0.0634. The Morgan fingerprint density at radius 1 is 1.80 bits per heavy atom. The van der Waals surface area contributed by atoms with E-state index < -0.39 is 0 Å². The molecule has 0 saturated carbocycles. The van der Waals surface area contributed by atoms with Crippen LogP contribution in [0.1, 0.15) is 12.8 Å². The summed E-state index contributed by atoms with van der Waals surface area (Å²) in [6, 6.07) is -0.265. The average Bonchev–Trinajstić information content (AvgIpc) is 1.99. The van der Waals surface area contributed by atoms with E-state index in [4.69, 9.17) is 10.8 Å². The van der Waals surface area contributed by atoms with Crippen molar-refractivity contribution < 1.29 is 5.11 Å². The van der Waals surface area contributed by atoms with Crippen LogP contribution in [0.2, 0.25) is 0 Å². The molecule has 0 aromatic carbocycles. The van der Waals surface area contributed by atoms with Crippen molar-refractivity contribution in [2.24, 2.45) is 10.9 Å². The highest BCUT2D eigenvalue weighted by molar-refractivity contribution is 4.91. The highest BCUT2D eigenvalue weighted by atomic mass is 16.3. The fourth-order valence-corrected chi connectivity index (χ4v) is 0.489. The number of allylic oxidation sites excluding steroid dienone is 1. The van der Waals surface area contributed by atoms with Crippen molar-refractivity contribution in [1.29, 1.82) is 0 Å². The summed E-state index contributed by atoms with van der Waals surface area (Å²) in [5, 5.41) is 11.1. The van der Waals surface area contributed by atoms with Gasteiger partial charge in [0.1, 0.15) is 0 Å². The van der Waals surface area contributed by atoms with Crippen molar-refractivity contribution in [2.45, 2.75) is 18.9 Å². The van der Waals surface area contributed by atoms with Gasteiger partial charge in [0.15, 0.2) is 0 Å². The Labute approximate surface area is 59.7 Å². The third-order valence-electron chi connectivity index (χ3n) is 1.17. The van der Waals surface area contributed by atoms with Gasteiger partial charge in [0.05, 0.1) is 12.3 Å². The summed E-state index contributed by atoms with van der Waals surface area (Å²) in [5.74, 6) is 0. The van der Waals surface area contributed by atoms with Gasteiger partial charge in [-0.05, 0) is 18.0 Å². The van der Waals surface area contributed by atoms with Gasteiger partial charge in [0.25, 0.3) is 0 Å². The third-order valence-corrected chi connectivity index (χ3v) is 1.17. The largest absolute Gasteiger partial charge is 0.395 e. The van der Waals surface area contributed by atoms with Crippen molar-refractivity contribution in [2.75, 3.05) is 6.61 Å². The molecule has 0 aliphatic carbocycles. The first kappa shape index (κ1) is 9.26. The van der Waals surface area contributed by atoms with Crippen molar-refractivity contribution in [3.8, 4) is 0 Å². The molecule has 1 unspecified atom stereocenters. The molecule has 0 radical (unpaired) electrons. The van der Waals surface area contributed by atoms with Gasteiger partial charge in [-0.25, -0.2) is 0 Å². The first-order valence-electron chi connectivity index (χ1n) is 3.08. The zero-order chi connectivity index (χ0) is 7.98. The molecular weight excluding hydrogens is 132 g/mol. The predicted molar refractivity (Wildman–Crippen MR) is 39.2 cm³/mol. The van der Waals surface area contributed by atoms with Gasteiger partial charge >= 0.3 is 0 Å². The molecular formula is C6H12N2O2. The summed E-state index contributed by atoms with van der Waals surface area (Å²) >= 11 is 0. The van der Waals surface area contributed by atoms with E-state index in [1.165, 1.54) is 0 Å². The Hall–Kier alpha value is -0.740. The van der Waals surface area contributed by atoms with Gasteiger partial charge < -0.3 is 10.8 Å². The Balaban J connectivity index is 3.34. The number of nitrogens with zero attached hydrogens (tertiary/aromatic N) is 1. The first-order chi connectivity index (χ1) is 4.70. The van der Waals surface area contributed by atoms with Crippen molar-refractivity contribution >= 4 is 0 Å². The Kier molecular flexibility index (Phi) is 4.70. The SMILES string of the molecule is C=C(CCC(N)CO)N=O. The first-order valence-corrected chi connectivity index (χ1v) is 3.08. The zero-order valence-electron chi connectivity index (χ0n) is 5.79. The molecule has 4 nitrogen and oxygen atoms in total. The second-order valence-corrected chi connectivity index (χ2v) is 2.14. The smallest absolute Gasteiger partial charge is 0.0778 e. The number of nitrogens with two attached hydrogens (primary N) is 1. The molecule has 0 heterocycles. The maximum atomic E-state index is 9.75. The van der Waals surface area contributed by atoms with E-state index in [1.807, 2.05) is 0 Å². The molecule has 0 bridgehead atoms. The molecule has 0 aliphatic rings. The van der Waals surface area contributed by atoms with E-state index in [0.29, 0.717) is 12.8 Å². The minimum atomic E-state index is -0.265. The predicted octanol–water partition coefficient (Wildman–Crippen LogP) is 0.366. The minimum Gasteiger partial charge on any atom is -0.395 e. The standard InChI is InChI=1S/C6H12N2O2/c1-5(8-10)2-3-6(7)4-9/h6,9H,1-4,7H2. The van der Waals surface area contributed by atoms with Crippen LogP contribution in [0.4, 0.5) is 0 Å². The summed E-state index contributed by atoms with van der Waals surface area (Å²) in [6.07, 6.45) is 1.02. The Morgan fingerprint density at radius 2 is 2.40 bits per heavy atom. The molecule has 0 fully saturated rings. The van der Waals surface area contributed by atoms with Gasteiger partial charge in [0.2, 0.25) is 0 Å². The molecule has 0 spiro atoms. The quantitative estimate of drug-likeness (QED) is 0.547. The van der Waals surface area contributed by atoms with Crippen LogP contribution in [-0.4, -0.2) is 17.8 Å². The monoisotopic (exact) mass is 144 g/mol. The van der Waals surface area contributed by atoms with Crippen LogP contribution in [0, 0.1) is 4.91 Å². The summed E-state index contributed by atoms with van der Waals surface area (Å²) in [4.78, 5) is 9.75. The zero-order valence-corrected chi connectivity index (χ0v) is 5.79. The van der Waals surface area contributed by atoms with Gasteiger partial charge in [-0.15, -0.1) is 4.91 Å². The highest BCUT2D eigenvalue weighted by Crippen LogP contribution is 2.04. The summed E-state index contributed by atoms with van der Waals surface area (Å²) < 4.78 is 0. The molecule has 0 aliphatic heterocycles. The molecule has 4 heteroatoms. The van der Waals surface area contributed by atoms with Crippen molar-refractivity contribution in [3.05, 3.63) is 17.2 Å². The maximum Gasteiger partial charge on any atom is 0.0778 e. The molecule has 0 rings (SSSR count). The molecule has 58 valence electrons. The van der Waals surface area contributed by atoms with Gasteiger partial charge in [-0.1, -0.05) is 6.58 Å². The van der Waals surface area contributed by atoms with E-state index in [1.54, 1.807) is 0 Å². The second-order valence-electron chi connectivity index (χ2n) is 2.14. The summed E-state index contributed by atoms with van der Waals surface area (Å²) in [6.45, 7) is 3.30. The van der Waals surface area contributed by atoms with Gasteiger partial charge in [-0.2, -0.15) is 0 Å². The molecule has 0 aromatic heterocycles. The number of nitroso groups, excluding NO2 is 1. The number of rotatable bonds is 5. The fourth-order valence-electron chi connectivity index (χ4n) is 0.489. The number of aliphatic hydroxyl groups excluding tert-OH is 1. The maximum absolute atomic E-state index is 9.75. The lowest BCUT2D eigenvalue weighted by Gasteiger charge is -2.04. The van der Waals surface area contributed by atoms with Crippen LogP contribution in [0.3, 0.4) is 0 Å². The van der Waals surface area contributed by atoms with Crippen LogP contribution in [-0.2, 0) is 0 Å². The lowest BCUT2D eigenvalue weighted by atomic mass is 10.1. The van der Waals surface area contributed by atoms with Crippen LogP contribution < -0.4 is 5.73 Å². The van der Waals surface area contributed by atoms with E-state index in [2.05, 4.69) is 11.8 Å². The van der Waals surface area contributed by atoms with Crippen LogP contribution in [0.5, 0.6) is 0 Å². The lowest BCUT2D eigenvalue weighted by Crippen LogP contribution is -2.23. The average molecular weight is 144 g/mol. The van der Waals surface area contributed by atoms with Gasteiger partial charge in [-0.3, -0.25) is 0 Å². The molecule has 0 aromatic rings. The topological polar surface area (TPSA) is 75.7 Å². The number of aliphatic hydroxyl groups is 1. The van der Waals surface area contributed by atoms with Crippen molar-refractivity contribution in [3.63, 3.8) is 0 Å². The Bertz CT molecular complexity index is 125. The van der Waals surface area contributed by atoms with E-state index in [0.717, 1.165) is 0 Å². The second kappa shape index (κ2) is 5.08. The van der Waals surface area contributed by atoms with E-state index in [-0.39, 0.29) is 18.3 Å². The third kappa shape index (κ3) is 4.17. The number of hydrogen-bond donors (Lipinski definition) is 2. The molecule has 1 atom stereocenters. The number of hydrogen-bond acceptors (Lipinski definition) is 4. The molecule has 0 amide bonds. The van der Waals surface area contributed by atoms with E-state index in [9.17, 15) is 4.91 Å². The van der Waals surface area contributed by atoms with Gasteiger partial charge in [0, 0.05) is 6.04 Å². The van der Waals surface area contributed by atoms with E-state index >= 15 is 0 Å². The van der Waals surface area contributed by atoms with Crippen LogP contribution in [0.15, 0.2) is 17.5 Å². The fraction of sp³-hybridized carbons (Fsp3) is 0.667. The normalized spacial score (nSPS) is 12.6. The summed E-state index contributed by atoms with van der Waals surface area (Å²) in [7, 11) is 0. The summed E-state index contributed by atoms with van der Waals surface area (Å²) in [5.41, 5.74) is 5.62. The highest BCUT2D eigenvalue weighted by Gasteiger charge is 2.00. The lowest BCUT2D eigenvalue weighted by molar-refractivity contribution is 0.260. The van der Waals surface area contributed by atoms with Crippen molar-refractivity contribution in [1.82, 2.24) is 0 Å². The van der Waals surface area contributed by atoms with Crippen LogP contribution >= 0.6 is 0 Å². The Morgan fingerprint density at radius 3 is 2.80 bits per heavy atom.